The van der Waals surface area contributed by atoms with Crippen LogP contribution in [-0.2, 0) is 9.59 Å². The third kappa shape index (κ3) is 2.44. The zero-order chi connectivity index (χ0) is 14.8. The Bertz CT molecular complexity index is 461. The van der Waals surface area contributed by atoms with Crippen molar-refractivity contribution < 1.29 is 9.59 Å². The van der Waals surface area contributed by atoms with E-state index in [1.165, 1.54) is 0 Å². The van der Waals surface area contributed by atoms with E-state index in [1.54, 1.807) is 6.08 Å². The number of Topliss-reactive ketones (excluding diaryl/α,β-unsaturated/α-hetero) is 1. The van der Waals surface area contributed by atoms with Gasteiger partial charge in [0.2, 0.25) is 5.91 Å². The number of hydrogen-bond acceptors (Lipinski definition) is 3. The highest BCUT2D eigenvalue weighted by Gasteiger charge is 2.48. The molecule has 0 spiro atoms. The molecule has 1 aliphatic heterocycles. The van der Waals surface area contributed by atoms with Gasteiger partial charge in [0.25, 0.3) is 0 Å². The molecule has 1 heterocycles. The highest BCUT2D eigenvalue weighted by Crippen LogP contribution is 2.45. The Morgan fingerprint density at radius 3 is 2.80 bits per heavy atom. The van der Waals surface area contributed by atoms with E-state index in [4.69, 9.17) is 5.73 Å². The van der Waals surface area contributed by atoms with E-state index < -0.39 is 17.2 Å². The molecule has 0 aromatic heterocycles. The molecule has 0 saturated carbocycles. The molecular weight excluding hydrogens is 252 g/mol. The molecule has 0 aromatic carbocycles. The van der Waals surface area contributed by atoms with Gasteiger partial charge in [-0.2, -0.15) is 0 Å². The molecule has 2 rings (SSSR count). The fourth-order valence-corrected chi connectivity index (χ4v) is 3.50. The smallest absolute Gasteiger partial charge is 0.225 e. The molecule has 2 aliphatic rings. The van der Waals surface area contributed by atoms with Gasteiger partial charge in [0, 0.05) is 13.0 Å². The van der Waals surface area contributed by atoms with Crippen LogP contribution in [0.1, 0.15) is 33.1 Å². The molecule has 0 aromatic rings. The van der Waals surface area contributed by atoms with Crippen LogP contribution in [0.3, 0.4) is 0 Å². The van der Waals surface area contributed by atoms with Crippen LogP contribution < -0.4 is 11.1 Å². The third-order valence-corrected chi connectivity index (χ3v) is 4.66. The summed E-state index contributed by atoms with van der Waals surface area (Å²) in [5.41, 5.74) is 5.86. The van der Waals surface area contributed by atoms with Gasteiger partial charge in [-0.3, -0.25) is 9.59 Å². The predicted octanol–water partition coefficient (Wildman–Crippen LogP) is 1.57. The summed E-state index contributed by atoms with van der Waals surface area (Å²) < 4.78 is 0. The predicted molar refractivity (Wildman–Crippen MR) is 78.9 cm³/mol. The van der Waals surface area contributed by atoms with Gasteiger partial charge in [0.05, 0.1) is 11.3 Å². The first kappa shape index (κ1) is 15.0. The maximum atomic E-state index is 12.7. The lowest BCUT2D eigenvalue weighted by atomic mass is 9.61. The fraction of sp³-hybridized carbons (Fsp3) is 0.625. The monoisotopic (exact) mass is 276 g/mol. The second-order valence-corrected chi connectivity index (χ2v) is 5.95. The number of nitrogens with two attached hydrogens (primary N) is 1. The Hall–Kier alpha value is -1.42. The largest absolute Gasteiger partial charge is 0.369 e. The van der Waals surface area contributed by atoms with Crippen molar-refractivity contribution in [1.82, 2.24) is 5.32 Å². The lowest BCUT2D eigenvalue weighted by Gasteiger charge is -2.40. The molecule has 4 heteroatoms. The SMILES string of the molecule is CCCC(=O)C1(C)C(C2CCNC2)=CC=CC1C(N)=O. The molecule has 20 heavy (non-hydrogen) atoms. The zero-order valence-electron chi connectivity index (χ0n) is 12.3. The molecule has 3 atom stereocenters. The number of hydrogen-bond donors (Lipinski definition) is 2. The summed E-state index contributed by atoms with van der Waals surface area (Å²) in [5.74, 6) is -0.481. The Balaban J connectivity index is 2.41. The standard InChI is InChI=1S/C16H24N2O2/c1-3-5-14(19)16(2)12(11-8-9-18-10-11)6-4-7-13(16)15(17)20/h4,6-7,11,13,18H,3,5,8-10H2,1-2H3,(H2,17,20). The molecule has 0 radical (unpaired) electrons. The van der Waals surface area contributed by atoms with Gasteiger partial charge in [0.1, 0.15) is 5.78 Å². The van der Waals surface area contributed by atoms with Crippen LogP contribution >= 0.6 is 0 Å². The Labute approximate surface area is 120 Å². The van der Waals surface area contributed by atoms with Crippen molar-refractivity contribution in [2.45, 2.75) is 33.1 Å². The summed E-state index contributed by atoms with van der Waals surface area (Å²) in [6, 6.07) is 0. The van der Waals surface area contributed by atoms with Crippen molar-refractivity contribution in [2.75, 3.05) is 13.1 Å². The lowest BCUT2D eigenvalue weighted by Crippen LogP contribution is -2.46. The van der Waals surface area contributed by atoms with Gasteiger partial charge in [-0.25, -0.2) is 0 Å². The lowest BCUT2D eigenvalue weighted by molar-refractivity contribution is -0.134. The third-order valence-electron chi connectivity index (χ3n) is 4.66. The highest BCUT2D eigenvalue weighted by molar-refractivity contribution is 5.95. The van der Waals surface area contributed by atoms with Gasteiger partial charge in [-0.1, -0.05) is 30.7 Å². The molecular formula is C16H24N2O2. The summed E-state index contributed by atoms with van der Waals surface area (Å²) in [6.07, 6.45) is 7.97. The summed E-state index contributed by atoms with van der Waals surface area (Å²) in [6.45, 7) is 5.72. The van der Waals surface area contributed by atoms with Crippen molar-refractivity contribution >= 4 is 11.7 Å². The average Bonchev–Trinajstić information content (AvgIpc) is 2.92. The highest BCUT2D eigenvalue weighted by atomic mass is 16.1. The first-order valence-corrected chi connectivity index (χ1v) is 7.44. The maximum absolute atomic E-state index is 12.7. The van der Waals surface area contributed by atoms with Crippen molar-refractivity contribution in [3.05, 3.63) is 23.8 Å². The van der Waals surface area contributed by atoms with E-state index >= 15 is 0 Å². The van der Waals surface area contributed by atoms with Crippen molar-refractivity contribution in [3.63, 3.8) is 0 Å². The second-order valence-electron chi connectivity index (χ2n) is 5.95. The first-order chi connectivity index (χ1) is 9.51. The molecule has 1 aliphatic carbocycles. The Kier molecular flexibility index (Phi) is 4.43. The van der Waals surface area contributed by atoms with Crippen LogP contribution in [-0.4, -0.2) is 24.8 Å². The van der Waals surface area contributed by atoms with Crippen LogP contribution in [0.15, 0.2) is 23.8 Å². The molecule has 4 nitrogen and oxygen atoms in total. The summed E-state index contributed by atoms with van der Waals surface area (Å²) in [4.78, 5) is 24.5. The number of rotatable bonds is 5. The number of carbonyl (C=O) groups is 2. The molecule has 3 N–H and O–H groups in total. The van der Waals surface area contributed by atoms with E-state index in [0.29, 0.717) is 12.3 Å². The van der Waals surface area contributed by atoms with Crippen molar-refractivity contribution in [1.29, 1.82) is 0 Å². The minimum atomic E-state index is -0.771. The fourth-order valence-electron chi connectivity index (χ4n) is 3.50. The minimum absolute atomic E-state index is 0.131. The normalized spacial score (nSPS) is 33.0. The Morgan fingerprint density at radius 1 is 1.50 bits per heavy atom. The number of carbonyl (C=O) groups excluding carboxylic acids is 2. The molecule has 1 amide bonds. The average molecular weight is 276 g/mol. The van der Waals surface area contributed by atoms with Crippen LogP contribution in [0.25, 0.3) is 0 Å². The van der Waals surface area contributed by atoms with Gasteiger partial charge in [-0.15, -0.1) is 0 Å². The van der Waals surface area contributed by atoms with Crippen LogP contribution in [0.5, 0.6) is 0 Å². The van der Waals surface area contributed by atoms with Gasteiger partial charge in [-0.05, 0) is 32.2 Å². The number of nitrogens with one attached hydrogen (secondary N) is 1. The molecule has 1 fully saturated rings. The van der Waals surface area contributed by atoms with Crippen LogP contribution in [0.2, 0.25) is 0 Å². The van der Waals surface area contributed by atoms with E-state index in [2.05, 4.69) is 5.32 Å². The number of allylic oxidation sites excluding steroid dienone is 2. The quantitative estimate of drug-likeness (QED) is 0.800. The van der Waals surface area contributed by atoms with Gasteiger partial charge >= 0.3 is 0 Å². The molecule has 110 valence electrons. The van der Waals surface area contributed by atoms with Crippen molar-refractivity contribution in [3.8, 4) is 0 Å². The molecule has 1 saturated heterocycles. The number of primary amides is 1. The zero-order valence-corrected chi connectivity index (χ0v) is 12.3. The summed E-state index contributed by atoms with van der Waals surface area (Å²) in [5, 5.41) is 3.33. The van der Waals surface area contributed by atoms with E-state index in [0.717, 1.165) is 31.5 Å². The Morgan fingerprint density at radius 2 is 2.25 bits per heavy atom. The number of ketones is 1. The van der Waals surface area contributed by atoms with Crippen LogP contribution in [0, 0.1) is 17.3 Å². The minimum Gasteiger partial charge on any atom is -0.369 e. The summed E-state index contributed by atoms with van der Waals surface area (Å²) in [7, 11) is 0. The maximum Gasteiger partial charge on any atom is 0.225 e. The van der Waals surface area contributed by atoms with Gasteiger partial charge < -0.3 is 11.1 Å². The van der Waals surface area contributed by atoms with E-state index in [-0.39, 0.29) is 5.78 Å². The second kappa shape index (κ2) is 5.92. The molecule has 0 bridgehead atoms. The topological polar surface area (TPSA) is 72.2 Å². The summed E-state index contributed by atoms with van der Waals surface area (Å²) >= 11 is 0. The van der Waals surface area contributed by atoms with Gasteiger partial charge in [0.15, 0.2) is 0 Å². The van der Waals surface area contributed by atoms with Crippen LogP contribution in [0.4, 0.5) is 0 Å². The van der Waals surface area contributed by atoms with E-state index in [9.17, 15) is 9.59 Å². The van der Waals surface area contributed by atoms with Crippen molar-refractivity contribution in [2.24, 2.45) is 23.0 Å². The van der Waals surface area contributed by atoms with E-state index in [1.807, 2.05) is 26.0 Å². The molecule has 3 unspecified atom stereocenters. The first-order valence-electron chi connectivity index (χ1n) is 7.44. The number of amides is 1.